The van der Waals surface area contributed by atoms with E-state index in [2.05, 4.69) is 31.0 Å². The smallest absolute Gasteiger partial charge is 0.254 e. The SMILES string of the molecule is O=C1C/C(=C\c2cnn3c(NC4CC4)nc(NC4CCCC4)nc23)C(=O)N1. The van der Waals surface area contributed by atoms with Crippen LogP contribution in [0.25, 0.3) is 11.7 Å². The van der Waals surface area contributed by atoms with Crippen molar-refractivity contribution in [2.45, 2.75) is 57.0 Å². The Morgan fingerprint density at radius 3 is 2.56 bits per heavy atom. The maximum absolute atomic E-state index is 11.9. The number of hydrogen-bond acceptors (Lipinski definition) is 7. The van der Waals surface area contributed by atoms with Gasteiger partial charge in [0.05, 0.1) is 12.6 Å². The predicted molar refractivity (Wildman–Crippen MR) is 99.0 cm³/mol. The minimum atomic E-state index is -0.353. The molecule has 5 rings (SSSR count). The molecule has 3 fully saturated rings. The van der Waals surface area contributed by atoms with E-state index in [1.165, 1.54) is 12.8 Å². The number of amides is 2. The number of anilines is 2. The molecule has 2 aromatic heterocycles. The number of carbonyl (C=O) groups is 2. The molecule has 2 saturated carbocycles. The minimum Gasteiger partial charge on any atom is -0.351 e. The molecule has 9 nitrogen and oxygen atoms in total. The summed E-state index contributed by atoms with van der Waals surface area (Å²) in [5.74, 6) is 0.593. The van der Waals surface area contributed by atoms with Gasteiger partial charge in [-0.3, -0.25) is 14.9 Å². The molecule has 0 unspecified atom stereocenters. The van der Waals surface area contributed by atoms with E-state index in [4.69, 9.17) is 0 Å². The average Bonchev–Trinajstić information content (AvgIpc) is 3.01. The van der Waals surface area contributed by atoms with Crippen molar-refractivity contribution in [3.8, 4) is 0 Å². The molecule has 1 aliphatic heterocycles. The second kappa shape index (κ2) is 6.33. The van der Waals surface area contributed by atoms with Crippen LogP contribution in [-0.4, -0.2) is 43.5 Å². The lowest BCUT2D eigenvalue weighted by atomic mass is 10.1. The molecule has 9 heteroatoms. The van der Waals surface area contributed by atoms with Crippen LogP contribution < -0.4 is 16.0 Å². The lowest BCUT2D eigenvalue weighted by Gasteiger charge is -2.14. The maximum Gasteiger partial charge on any atom is 0.254 e. The highest BCUT2D eigenvalue weighted by atomic mass is 16.2. The van der Waals surface area contributed by atoms with Gasteiger partial charge in [-0.05, 0) is 31.8 Å². The number of aromatic nitrogens is 4. The monoisotopic (exact) mass is 367 g/mol. The van der Waals surface area contributed by atoms with Gasteiger partial charge < -0.3 is 10.6 Å². The molecule has 0 bridgehead atoms. The summed E-state index contributed by atoms with van der Waals surface area (Å²) < 4.78 is 1.67. The molecule has 2 amide bonds. The van der Waals surface area contributed by atoms with E-state index < -0.39 is 0 Å². The Morgan fingerprint density at radius 1 is 1.07 bits per heavy atom. The topological polar surface area (TPSA) is 113 Å². The van der Waals surface area contributed by atoms with Crippen LogP contribution in [0.15, 0.2) is 11.8 Å². The molecule has 3 N–H and O–H groups in total. The Bertz CT molecular complexity index is 954. The summed E-state index contributed by atoms with van der Waals surface area (Å²) in [6.45, 7) is 0. The van der Waals surface area contributed by atoms with E-state index in [9.17, 15) is 9.59 Å². The van der Waals surface area contributed by atoms with E-state index in [0.29, 0.717) is 40.8 Å². The highest BCUT2D eigenvalue weighted by molar-refractivity contribution is 6.15. The molecule has 0 radical (unpaired) electrons. The molecule has 2 aromatic rings. The number of rotatable bonds is 5. The Kier molecular flexibility index (Phi) is 3.80. The van der Waals surface area contributed by atoms with Crippen LogP contribution in [0.1, 0.15) is 50.5 Å². The third-order valence-corrected chi connectivity index (χ3v) is 5.22. The number of carbonyl (C=O) groups excluding carboxylic acids is 2. The van der Waals surface area contributed by atoms with Gasteiger partial charge in [-0.25, -0.2) is 0 Å². The Hall–Kier alpha value is -2.97. The van der Waals surface area contributed by atoms with Gasteiger partial charge >= 0.3 is 0 Å². The molecule has 0 aromatic carbocycles. The van der Waals surface area contributed by atoms with Crippen LogP contribution in [0.4, 0.5) is 11.9 Å². The van der Waals surface area contributed by atoms with Gasteiger partial charge in [-0.15, -0.1) is 0 Å². The van der Waals surface area contributed by atoms with Gasteiger partial charge in [-0.1, -0.05) is 12.8 Å². The Morgan fingerprint density at radius 2 is 1.85 bits per heavy atom. The van der Waals surface area contributed by atoms with Crippen molar-refractivity contribution in [1.29, 1.82) is 0 Å². The molecular formula is C18H21N7O2. The van der Waals surface area contributed by atoms with E-state index in [0.717, 1.165) is 25.7 Å². The van der Waals surface area contributed by atoms with E-state index in [1.54, 1.807) is 16.8 Å². The number of nitrogens with one attached hydrogen (secondary N) is 3. The predicted octanol–water partition coefficient (Wildman–Crippen LogP) is 1.48. The van der Waals surface area contributed by atoms with Crippen LogP contribution in [0.5, 0.6) is 0 Å². The summed E-state index contributed by atoms with van der Waals surface area (Å²) in [5, 5.41) is 13.5. The zero-order valence-electron chi connectivity index (χ0n) is 14.9. The first-order chi connectivity index (χ1) is 13.2. The summed E-state index contributed by atoms with van der Waals surface area (Å²) in [7, 11) is 0. The third-order valence-electron chi connectivity index (χ3n) is 5.22. The number of fused-ring (bicyclic) bond motifs is 1. The summed E-state index contributed by atoms with van der Waals surface area (Å²) >= 11 is 0. The van der Waals surface area contributed by atoms with Crippen molar-refractivity contribution in [3.05, 3.63) is 17.3 Å². The first-order valence-electron chi connectivity index (χ1n) is 9.49. The molecule has 1 saturated heterocycles. The zero-order valence-corrected chi connectivity index (χ0v) is 14.9. The second-order valence-corrected chi connectivity index (χ2v) is 7.47. The molecule has 2 aliphatic carbocycles. The van der Waals surface area contributed by atoms with E-state index in [1.807, 2.05) is 0 Å². The van der Waals surface area contributed by atoms with E-state index in [-0.39, 0.29) is 18.2 Å². The number of hydrogen-bond donors (Lipinski definition) is 3. The molecule has 0 spiro atoms. The van der Waals surface area contributed by atoms with Crippen molar-refractivity contribution in [3.63, 3.8) is 0 Å². The molecule has 3 aliphatic rings. The standard InChI is InChI=1S/C18H21N7O2/c26-14-8-10(16(27)22-14)7-11-9-19-25-15(11)23-17(20-12-3-1-2-4-12)24-18(25)21-13-5-6-13/h7,9,12-13H,1-6,8H2,(H,22,26,27)(H2,20,21,23,24)/b10-7+. The lowest BCUT2D eigenvalue weighted by molar-refractivity contribution is -0.124. The first-order valence-corrected chi connectivity index (χ1v) is 9.49. The fourth-order valence-electron chi connectivity index (χ4n) is 3.63. The number of nitrogens with zero attached hydrogens (tertiary/aromatic N) is 4. The van der Waals surface area contributed by atoms with Crippen LogP contribution in [0.3, 0.4) is 0 Å². The summed E-state index contributed by atoms with van der Waals surface area (Å²) in [4.78, 5) is 32.6. The van der Waals surface area contributed by atoms with Gasteiger partial charge in [0.15, 0.2) is 5.65 Å². The first kappa shape index (κ1) is 16.2. The van der Waals surface area contributed by atoms with Crippen LogP contribution >= 0.6 is 0 Å². The quantitative estimate of drug-likeness (QED) is 0.542. The largest absolute Gasteiger partial charge is 0.351 e. The fraction of sp³-hybridized carbons (Fsp3) is 0.500. The Balaban J connectivity index is 1.54. The minimum absolute atomic E-state index is 0.0849. The fourth-order valence-corrected chi connectivity index (χ4v) is 3.63. The van der Waals surface area contributed by atoms with Crippen LogP contribution in [0, 0.1) is 0 Å². The second-order valence-electron chi connectivity index (χ2n) is 7.47. The molecule has 3 heterocycles. The third kappa shape index (κ3) is 3.24. The van der Waals surface area contributed by atoms with Crippen LogP contribution in [-0.2, 0) is 9.59 Å². The van der Waals surface area contributed by atoms with Gasteiger partial charge in [-0.2, -0.15) is 19.6 Å². The molecule has 27 heavy (non-hydrogen) atoms. The summed E-state index contributed by atoms with van der Waals surface area (Å²) in [6, 6.07) is 0.816. The van der Waals surface area contributed by atoms with Crippen molar-refractivity contribution in [2.24, 2.45) is 0 Å². The molecular weight excluding hydrogens is 346 g/mol. The summed E-state index contributed by atoms with van der Waals surface area (Å²) in [6.07, 6.45) is 10.4. The van der Waals surface area contributed by atoms with Gasteiger partial charge in [0.25, 0.3) is 5.91 Å². The molecule has 0 atom stereocenters. The summed E-state index contributed by atoms with van der Waals surface area (Å²) in [5.41, 5.74) is 1.74. The van der Waals surface area contributed by atoms with E-state index >= 15 is 0 Å². The zero-order chi connectivity index (χ0) is 18.4. The maximum atomic E-state index is 11.9. The normalized spacial score (nSPS) is 22.0. The molecule has 140 valence electrons. The van der Waals surface area contributed by atoms with Crippen LogP contribution in [0.2, 0.25) is 0 Å². The van der Waals surface area contributed by atoms with Crippen molar-refractivity contribution >= 4 is 35.4 Å². The lowest BCUT2D eigenvalue weighted by Crippen LogP contribution is -2.19. The number of imide groups is 1. The van der Waals surface area contributed by atoms with Crippen molar-refractivity contribution in [2.75, 3.05) is 10.6 Å². The van der Waals surface area contributed by atoms with Gasteiger partial charge in [0, 0.05) is 23.2 Å². The highest BCUT2D eigenvalue weighted by Gasteiger charge is 2.26. The Labute approximate surface area is 155 Å². The van der Waals surface area contributed by atoms with Gasteiger partial charge in [0.1, 0.15) is 0 Å². The van der Waals surface area contributed by atoms with Crippen molar-refractivity contribution < 1.29 is 9.59 Å². The highest BCUT2D eigenvalue weighted by Crippen LogP contribution is 2.27. The van der Waals surface area contributed by atoms with Crippen molar-refractivity contribution in [1.82, 2.24) is 24.9 Å². The van der Waals surface area contributed by atoms with Gasteiger partial charge in [0.2, 0.25) is 17.8 Å². The average molecular weight is 367 g/mol.